The van der Waals surface area contributed by atoms with Crippen LogP contribution in [0.2, 0.25) is 5.02 Å². The predicted octanol–water partition coefficient (Wildman–Crippen LogP) is 6.90. The predicted molar refractivity (Wildman–Crippen MR) is 143 cm³/mol. The van der Waals surface area contributed by atoms with E-state index in [2.05, 4.69) is 10.1 Å². The number of nitrogens with zero attached hydrogens (tertiary/aromatic N) is 2. The molecule has 2 N–H and O–H groups in total. The third kappa shape index (κ3) is 7.95. The van der Waals surface area contributed by atoms with Gasteiger partial charge in [-0.3, -0.25) is 9.59 Å². The number of carbonyl (C=O) groups excluding carboxylic acids is 1. The Bertz CT molecular complexity index is 1440. The SMILES string of the molecule is O=C(O)CCNC(=O)c1ccc(CN(c2ccc(OC(F)(F)F)cc2)c2nc(-c3cccc(Cl)c3)cs2)cc1. The molecule has 202 valence electrons. The maximum absolute atomic E-state index is 12.6. The van der Waals surface area contributed by atoms with E-state index in [1.54, 1.807) is 36.4 Å². The second-order valence-corrected chi connectivity index (χ2v) is 9.52. The average Bonchev–Trinajstić information content (AvgIpc) is 3.37. The molecule has 0 saturated heterocycles. The van der Waals surface area contributed by atoms with Crippen molar-refractivity contribution >= 4 is 45.6 Å². The fraction of sp³-hybridized carbons (Fsp3) is 0.148. The van der Waals surface area contributed by atoms with E-state index in [1.165, 1.54) is 35.6 Å². The third-order valence-corrected chi connectivity index (χ3v) is 6.51. The van der Waals surface area contributed by atoms with Crippen LogP contribution in [0.1, 0.15) is 22.3 Å². The second kappa shape index (κ2) is 12.2. The van der Waals surface area contributed by atoms with E-state index >= 15 is 0 Å². The van der Waals surface area contributed by atoms with Crippen LogP contribution in [0.25, 0.3) is 11.3 Å². The van der Waals surface area contributed by atoms with Gasteiger partial charge < -0.3 is 20.1 Å². The number of anilines is 2. The van der Waals surface area contributed by atoms with Crippen molar-refractivity contribution in [3.8, 4) is 17.0 Å². The molecule has 0 aliphatic rings. The van der Waals surface area contributed by atoms with Crippen LogP contribution in [0.4, 0.5) is 24.0 Å². The molecule has 4 aromatic rings. The number of benzene rings is 3. The van der Waals surface area contributed by atoms with Crippen molar-refractivity contribution in [2.75, 3.05) is 11.4 Å². The summed E-state index contributed by atoms with van der Waals surface area (Å²) in [7, 11) is 0. The van der Waals surface area contributed by atoms with Gasteiger partial charge in [-0.25, -0.2) is 4.98 Å². The number of thiazole rings is 1. The van der Waals surface area contributed by atoms with Crippen LogP contribution in [-0.4, -0.2) is 34.9 Å². The molecule has 39 heavy (non-hydrogen) atoms. The van der Waals surface area contributed by atoms with Crippen LogP contribution < -0.4 is 15.0 Å². The Morgan fingerprint density at radius 2 is 1.77 bits per heavy atom. The molecule has 0 fully saturated rings. The summed E-state index contributed by atoms with van der Waals surface area (Å²) >= 11 is 7.48. The number of hydrogen-bond donors (Lipinski definition) is 2. The highest BCUT2D eigenvalue weighted by Gasteiger charge is 2.31. The van der Waals surface area contributed by atoms with Crippen LogP contribution in [0.3, 0.4) is 0 Å². The molecule has 1 amide bonds. The highest BCUT2D eigenvalue weighted by atomic mass is 35.5. The van der Waals surface area contributed by atoms with Gasteiger partial charge in [-0.05, 0) is 54.1 Å². The number of carboxylic acid groups (broad SMARTS) is 1. The molecule has 0 unspecified atom stereocenters. The number of rotatable bonds is 10. The number of aromatic nitrogens is 1. The highest BCUT2D eigenvalue weighted by Crippen LogP contribution is 2.35. The van der Waals surface area contributed by atoms with Gasteiger partial charge in [0.25, 0.3) is 5.91 Å². The van der Waals surface area contributed by atoms with Crippen LogP contribution in [0.15, 0.2) is 78.2 Å². The lowest BCUT2D eigenvalue weighted by atomic mass is 10.1. The first-order valence-electron chi connectivity index (χ1n) is 11.5. The zero-order chi connectivity index (χ0) is 28.0. The lowest BCUT2D eigenvalue weighted by molar-refractivity contribution is -0.274. The quantitative estimate of drug-likeness (QED) is 0.214. The monoisotopic (exact) mass is 575 g/mol. The van der Waals surface area contributed by atoms with Crippen molar-refractivity contribution in [3.05, 3.63) is 94.3 Å². The number of carboxylic acids is 1. The smallest absolute Gasteiger partial charge is 0.481 e. The maximum atomic E-state index is 12.6. The number of nitrogens with one attached hydrogen (secondary N) is 1. The Labute approximate surface area is 230 Å². The van der Waals surface area contributed by atoms with E-state index in [0.29, 0.717) is 33.6 Å². The highest BCUT2D eigenvalue weighted by molar-refractivity contribution is 7.14. The number of ether oxygens (including phenoxy) is 1. The van der Waals surface area contributed by atoms with E-state index in [9.17, 15) is 22.8 Å². The summed E-state index contributed by atoms with van der Waals surface area (Å²) in [5, 5.41) is 14.3. The topological polar surface area (TPSA) is 91.8 Å². The number of amides is 1. The van der Waals surface area contributed by atoms with Gasteiger partial charge >= 0.3 is 12.3 Å². The van der Waals surface area contributed by atoms with E-state index in [-0.39, 0.29) is 18.7 Å². The number of halogens is 4. The molecule has 4 rings (SSSR count). The van der Waals surface area contributed by atoms with Gasteiger partial charge in [0.2, 0.25) is 0 Å². The maximum Gasteiger partial charge on any atom is 0.573 e. The first-order valence-corrected chi connectivity index (χ1v) is 12.8. The van der Waals surface area contributed by atoms with E-state index in [0.717, 1.165) is 11.1 Å². The number of aliphatic carboxylic acids is 1. The van der Waals surface area contributed by atoms with Crippen molar-refractivity contribution in [1.29, 1.82) is 0 Å². The first kappa shape index (κ1) is 27.9. The van der Waals surface area contributed by atoms with E-state index < -0.39 is 18.2 Å². The van der Waals surface area contributed by atoms with Crippen molar-refractivity contribution in [3.63, 3.8) is 0 Å². The fourth-order valence-electron chi connectivity index (χ4n) is 3.59. The summed E-state index contributed by atoms with van der Waals surface area (Å²) in [5.41, 5.74) is 3.24. The zero-order valence-corrected chi connectivity index (χ0v) is 21.7. The minimum atomic E-state index is -4.80. The molecular weight excluding hydrogens is 555 g/mol. The Kier molecular flexibility index (Phi) is 8.72. The van der Waals surface area contributed by atoms with Crippen LogP contribution >= 0.6 is 22.9 Å². The van der Waals surface area contributed by atoms with Gasteiger partial charge in [-0.1, -0.05) is 35.9 Å². The largest absolute Gasteiger partial charge is 0.573 e. The third-order valence-electron chi connectivity index (χ3n) is 5.41. The molecule has 1 aromatic heterocycles. The van der Waals surface area contributed by atoms with Gasteiger partial charge in [0, 0.05) is 33.8 Å². The zero-order valence-electron chi connectivity index (χ0n) is 20.1. The number of alkyl halides is 3. The molecule has 0 atom stereocenters. The molecule has 0 saturated carbocycles. The van der Waals surface area contributed by atoms with Gasteiger partial charge in [0.1, 0.15) is 5.75 Å². The summed E-state index contributed by atoms with van der Waals surface area (Å²) in [6.07, 6.45) is -4.99. The van der Waals surface area contributed by atoms with Crippen LogP contribution in [0, 0.1) is 0 Å². The lowest BCUT2D eigenvalue weighted by Crippen LogP contribution is -2.26. The minimum Gasteiger partial charge on any atom is -0.481 e. The molecule has 12 heteroatoms. The molecule has 0 aliphatic carbocycles. The minimum absolute atomic E-state index is 0.0107. The Morgan fingerprint density at radius 1 is 1.05 bits per heavy atom. The lowest BCUT2D eigenvalue weighted by Gasteiger charge is -2.23. The van der Waals surface area contributed by atoms with Gasteiger partial charge in [0.15, 0.2) is 5.13 Å². The molecular formula is C27H21ClF3N3O4S. The summed E-state index contributed by atoms with van der Waals surface area (Å²) in [6, 6.07) is 19.4. The van der Waals surface area contributed by atoms with Gasteiger partial charge in [0.05, 0.1) is 18.7 Å². The Morgan fingerprint density at radius 3 is 2.41 bits per heavy atom. The molecule has 7 nitrogen and oxygen atoms in total. The van der Waals surface area contributed by atoms with E-state index in [4.69, 9.17) is 21.7 Å². The first-order chi connectivity index (χ1) is 18.6. The van der Waals surface area contributed by atoms with Crippen molar-refractivity contribution in [1.82, 2.24) is 10.3 Å². The number of hydrogen-bond acceptors (Lipinski definition) is 6. The summed E-state index contributed by atoms with van der Waals surface area (Å²) < 4.78 is 41.9. The molecule has 3 aromatic carbocycles. The van der Waals surface area contributed by atoms with Crippen molar-refractivity contribution < 1.29 is 32.6 Å². The molecule has 0 bridgehead atoms. The summed E-state index contributed by atoms with van der Waals surface area (Å²) in [4.78, 5) is 29.5. The standard InChI is InChI=1S/C27H21ClF3N3O4S/c28-20-3-1-2-19(14-20)23-16-39-26(33-23)34(21-8-10-22(11-9-21)38-27(29,30)31)15-17-4-6-18(7-5-17)25(37)32-13-12-24(35)36/h1-11,14,16H,12-13,15H2,(H,32,37)(H,35,36). The molecule has 1 heterocycles. The normalized spacial score (nSPS) is 11.2. The Hall–Kier alpha value is -4.09. The van der Waals surface area contributed by atoms with Crippen LogP contribution in [-0.2, 0) is 11.3 Å². The molecule has 0 radical (unpaired) electrons. The van der Waals surface area contributed by atoms with Crippen molar-refractivity contribution in [2.24, 2.45) is 0 Å². The summed E-state index contributed by atoms with van der Waals surface area (Å²) in [6.45, 7) is 0.305. The fourth-order valence-corrected chi connectivity index (χ4v) is 4.64. The van der Waals surface area contributed by atoms with Crippen molar-refractivity contribution in [2.45, 2.75) is 19.3 Å². The summed E-state index contributed by atoms with van der Waals surface area (Å²) in [5.74, 6) is -1.75. The van der Waals surface area contributed by atoms with Gasteiger partial charge in [-0.2, -0.15) is 0 Å². The van der Waals surface area contributed by atoms with Crippen LogP contribution in [0.5, 0.6) is 5.75 Å². The molecule has 0 aliphatic heterocycles. The average molecular weight is 576 g/mol. The number of carbonyl (C=O) groups is 2. The van der Waals surface area contributed by atoms with E-state index in [1.807, 2.05) is 22.4 Å². The van der Waals surface area contributed by atoms with Gasteiger partial charge in [-0.15, -0.1) is 24.5 Å². The molecule has 0 spiro atoms. The Balaban J connectivity index is 1.59. The second-order valence-electron chi connectivity index (χ2n) is 8.25.